The van der Waals surface area contributed by atoms with E-state index in [9.17, 15) is 4.79 Å². The van der Waals surface area contributed by atoms with Gasteiger partial charge in [0, 0.05) is 29.7 Å². The third-order valence-electron chi connectivity index (χ3n) is 7.62. The van der Waals surface area contributed by atoms with Crippen LogP contribution in [0.4, 0.5) is 4.79 Å². The molecule has 2 aromatic carbocycles. The van der Waals surface area contributed by atoms with E-state index < -0.39 is 0 Å². The van der Waals surface area contributed by atoms with Crippen molar-refractivity contribution in [3.63, 3.8) is 0 Å². The molecule has 35 heavy (non-hydrogen) atoms. The van der Waals surface area contributed by atoms with Crippen molar-refractivity contribution in [3.05, 3.63) is 82.1 Å². The Hall–Kier alpha value is -3.19. The molecule has 180 valence electrons. The smallest absolute Gasteiger partial charge is 0.410 e. The lowest BCUT2D eigenvalue weighted by Gasteiger charge is -2.38. The van der Waals surface area contributed by atoms with Gasteiger partial charge in [-0.05, 0) is 62.8 Å². The van der Waals surface area contributed by atoms with Gasteiger partial charge in [-0.25, -0.2) is 14.8 Å². The number of rotatable bonds is 5. The van der Waals surface area contributed by atoms with Gasteiger partial charge in [0.2, 0.25) is 0 Å². The number of imidazole rings is 1. The Morgan fingerprint density at radius 2 is 1.80 bits per heavy atom. The number of ether oxygens (including phenoxy) is 1. The topological polar surface area (TPSA) is 60.2 Å². The highest BCUT2D eigenvalue weighted by molar-refractivity contribution is 7.09. The minimum atomic E-state index is -0.152. The molecule has 1 amide bonds. The number of nitrogens with zero attached hydrogens (tertiary/aromatic N) is 4. The summed E-state index contributed by atoms with van der Waals surface area (Å²) in [6.45, 7) is 4.42. The van der Waals surface area contributed by atoms with Gasteiger partial charge in [-0.15, -0.1) is 11.3 Å². The number of aromatic nitrogens is 3. The van der Waals surface area contributed by atoms with Gasteiger partial charge < -0.3 is 14.2 Å². The standard InChI is InChI=1S/C28H30N4O2S/c1-3-34-28(33)32-21-9-10-22(32)16-23(15-21)31-17-30-24-11-8-20(14-25(24)31)26(27-29-12-13-35-27)19-6-4-18(2)5-7-19/h4-8,11-14,17,21-23,26H,3,9-10,15-16H2,1-2H3. The molecule has 2 bridgehead atoms. The molecule has 2 saturated heterocycles. The zero-order valence-electron chi connectivity index (χ0n) is 20.1. The van der Waals surface area contributed by atoms with Crippen molar-refractivity contribution >= 4 is 28.5 Å². The molecule has 2 aromatic heterocycles. The van der Waals surface area contributed by atoms with E-state index in [0.29, 0.717) is 12.6 Å². The highest BCUT2D eigenvalue weighted by atomic mass is 32.1. The molecule has 3 unspecified atom stereocenters. The fraction of sp³-hybridized carbons (Fsp3) is 0.393. The van der Waals surface area contributed by atoms with Gasteiger partial charge in [-0.1, -0.05) is 35.9 Å². The second kappa shape index (κ2) is 9.11. The first-order valence-corrected chi connectivity index (χ1v) is 13.4. The number of aryl methyl sites for hydroxylation is 1. The van der Waals surface area contributed by atoms with Crippen LogP contribution in [0.5, 0.6) is 0 Å². The average molecular weight is 487 g/mol. The minimum absolute atomic E-state index is 0.0881. The molecule has 0 radical (unpaired) electrons. The maximum Gasteiger partial charge on any atom is 0.410 e. The molecule has 0 saturated carbocycles. The van der Waals surface area contributed by atoms with Crippen molar-refractivity contribution < 1.29 is 9.53 Å². The summed E-state index contributed by atoms with van der Waals surface area (Å²) in [4.78, 5) is 24.0. The third-order valence-corrected chi connectivity index (χ3v) is 8.46. The fourth-order valence-electron chi connectivity index (χ4n) is 6.00. The summed E-state index contributed by atoms with van der Waals surface area (Å²) in [5, 5.41) is 3.15. The van der Waals surface area contributed by atoms with Gasteiger partial charge in [0.25, 0.3) is 0 Å². The van der Waals surface area contributed by atoms with Gasteiger partial charge >= 0.3 is 6.09 Å². The predicted molar refractivity (Wildman–Crippen MR) is 138 cm³/mol. The van der Waals surface area contributed by atoms with Gasteiger partial charge in [0.1, 0.15) is 5.01 Å². The maximum atomic E-state index is 12.5. The quantitative estimate of drug-likeness (QED) is 0.332. The summed E-state index contributed by atoms with van der Waals surface area (Å²) in [5.74, 6) is 0.0881. The molecule has 4 aromatic rings. The number of amides is 1. The highest BCUT2D eigenvalue weighted by Gasteiger charge is 2.44. The number of fused-ring (bicyclic) bond motifs is 3. The highest BCUT2D eigenvalue weighted by Crippen LogP contribution is 2.42. The summed E-state index contributed by atoms with van der Waals surface area (Å²) in [6.07, 6.45) is 7.72. The third kappa shape index (κ3) is 4.01. The van der Waals surface area contributed by atoms with E-state index in [1.54, 1.807) is 11.3 Å². The molecular weight excluding hydrogens is 456 g/mol. The van der Waals surface area contributed by atoms with E-state index in [-0.39, 0.29) is 24.1 Å². The Morgan fingerprint density at radius 3 is 2.49 bits per heavy atom. The number of carbonyl (C=O) groups excluding carboxylic acids is 1. The molecule has 3 atom stereocenters. The second-order valence-corrected chi connectivity index (χ2v) is 10.7. The van der Waals surface area contributed by atoms with E-state index in [1.807, 2.05) is 29.7 Å². The lowest BCUT2D eigenvalue weighted by Crippen LogP contribution is -2.47. The molecule has 7 heteroatoms. The van der Waals surface area contributed by atoms with E-state index >= 15 is 0 Å². The molecule has 2 aliphatic heterocycles. The van der Waals surface area contributed by atoms with Gasteiger partial charge in [-0.2, -0.15) is 0 Å². The molecule has 0 aliphatic carbocycles. The Balaban J connectivity index is 1.35. The van der Waals surface area contributed by atoms with Crippen LogP contribution >= 0.6 is 11.3 Å². The molecule has 0 spiro atoms. The van der Waals surface area contributed by atoms with E-state index in [2.05, 4.69) is 58.9 Å². The maximum absolute atomic E-state index is 12.5. The Bertz CT molecular complexity index is 1320. The summed E-state index contributed by atoms with van der Waals surface area (Å²) in [5.41, 5.74) is 5.89. The van der Waals surface area contributed by atoms with Crippen LogP contribution in [-0.4, -0.2) is 44.2 Å². The molecule has 0 N–H and O–H groups in total. The van der Waals surface area contributed by atoms with Crippen LogP contribution in [0, 0.1) is 6.92 Å². The average Bonchev–Trinajstić information content (AvgIpc) is 3.59. The number of benzene rings is 2. The Labute approximate surface area is 209 Å². The molecule has 2 aliphatic rings. The molecule has 6 nitrogen and oxygen atoms in total. The largest absolute Gasteiger partial charge is 0.450 e. The van der Waals surface area contributed by atoms with Crippen LogP contribution in [0.3, 0.4) is 0 Å². The normalized spacial score (nSPS) is 22.5. The predicted octanol–water partition coefficient (Wildman–Crippen LogP) is 6.31. The van der Waals surface area contributed by atoms with Crippen LogP contribution in [0.25, 0.3) is 11.0 Å². The van der Waals surface area contributed by atoms with Crippen molar-refractivity contribution in [2.75, 3.05) is 6.61 Å². The zero-order valence-corrected chi connectivity index (χ0v) is 20.9. The van der Waals surface area contributed by atoms with Crippen molar-refractivity contribution in [2.24, 2.45) is 0 Å². The van der Waals surface area contributed by atoms with Crippen molar-refractivity contribution in [3.8, 4) is 0 Å². The Morgan fingerprint density at radius 1 is 1.06 bits per heavy atom. The first kappa shape index (κ1) is 22.3. The summed E-state index contributed by atoms with van der Waals surface area (Å²) >= 11 is 1.70. The summed E-state index contributed by atoms with van der Waals surface area (Å²) in [7, 11) is 0. The van der Waals surface area contributed by atoms with Crippen LogP contribution in [0.1, 0.15) is 66.3 Å². The Kier molecular flexibility index (Phi) is 5.80. The molecule has 4 heterocycles. The zero-order chi connectivity index (χ0) is 23.9. The van der Waals surface area contributed by atoms with Crippen molar-refractivity contribution in [1.82, 2.24) is 19.4 Å². The monoisotopic (exact) mass is 486 g/mol. The summed E-state index contributed by atoms with van der Waals surface area (Å²) < 4.78 is 7.70. The van der Waals surface area contributed by atoms with Crippen LogP contribution in [-0.2, 0) is 4.74 Å². The minimum Gasteiger partial charge on any atom is -0.450 e. The van der Waals surface area contributed by atoms with Gasteiger partial charge in [-0.3, -0.25) is 0 Å². The second-order valence-electron chi connectivity index (χ2n) is 9.73. The number of carbonyl (C=O) groups is 1. The van der Waals surface area contributed by atoms with Crippen molar-refractivity contribution in [1.29, 1.82) is 0 Å². The molecule has 2 fully saturated rings. The lowest BCUT2D eigenvalue weighted by molar-refractivity contribution is 0.0625. The van der Waals surface area contributed by atoms with E-state index in [1.165, 1.54) is 16.7 Å². The summed E-state index contributed by atoms with van der Waals surface area (Å²) in [6, 6.07) is 16.2. The van der Waals surface area contributed by atoms with Crippen LogP contribution in [0.2, 0.25) is 0 Å². The van der Waals surface area contributed by atoms with Crippen LogP contribution in [0.15, 0.2) is 60.4 Å². The fourth-order valence-corrected chi connectivity index (χ4v) is 6.79. The van der Waals surface area contributed by atoms with Gasteiger partial charge in [0.15, 0.2) is 0 Å². The van der Waals surface area contributed by atoms with E-state index in [4.69, 9.17) is 9.72 Å². The number of hydrogen-bond acceptors (Lipinski definition) is 5. The number of piperidine rings is 1. The SMILES string of the molecule is CCOC(=O)N1C2CCC1CC(n1cnc3ccc(C(c4ccc(C)cc4)c4nccs4)cc31)C2. The first-order valence-electron chi connectivity index (χ1n) is 12.5. The number of thiazole rings is 1. The lowest BCUT2D eigenvalue weighted by atomic mass is 9.91. The first-order chi connectivity index (χ1) is 17.1. The van der Waals surface area contributed by atoms with E-state index in [0.717, 1.165) is 41.7 Å². The molecule has 6 rings (SSSR count). The van der Waals surface area contributed by atoms with Crippen LogP contribution < -0.4 is 0 Å². The van der Waals surface area contributed by atoms with Crippen molar-refractivity contribution in [2.45, 2.75) is 63.6 Å². The molecular formula is C28H30N4O2S. The van der Waals surface area contributed by atoms with Gasteiger partial charge in [0.05, 0.1) is 29.9 Å². The number of hydrogen-bond donors (Lipinski definition) is 0.